The van der Waals surface area contributed by atoms with Gasteiger partial charge in [0.2, 0.25) is 5.91 Å². The van der Waals surface area contributed by atoms with Crippen LogP contribution in [0.25, 0.3) is 0 Å². The summed E-state index contributed by atoms with van der Waals surface area (Å²) in [7, 11) is 0. The molecule has 0 aliphatic carbocycles. The molecule has 0 N–H and O–H groups in total. The van der Waals surface area contributed by atoms with Crippen molar-refractivity contribution in [2.75, 3.05) is 37.7 Å². The van der Waals surface area contributed by atoms with Gasteiger partial charge in [-0.3, -0.25) is 14.9 Å². The van der Waals surface area contributed by atoms with Crippen LogP contribution >= 0.6 is 0 Å². The highest BCUT2D eigenvalue weighted by Crippen LogP contribution is 2.30. The third kappa shape index (κ3) is 4.46. The molecule has 1 heterocycles. The first kappa shape index (κ1) is 18.7. The van der Waals surface area contributed by atoms with Crippen molar-refractivity contribution < 1.29 is 19.2 Å². The molecule has 1 amide bonds. The molecule has 0 saturated carbocycles. The highest BCUT2D eigenvalue weighted by Gasteiger charge is 2.26. The van der Waals surface area contributed by atoms with E-state index in [1.54, 1.807) is 17.9 Å². The molecule has 0 aromatic heterocycles. The van der Waals surface area contributed by atoms with E-state index in [0.29, 0.717) is 38.3 Å². The summed E-state index contributed by atoms with van der Waals surface area (Å²) in [6.07, 6.45) is 1.33. The fourth-order valence-electron chi connectivity index (χ4n) is 2.85. The van der Waals surface area contributed by atoms with Gasteiger partial charge in [-0.05, 0) is 25.5 Å². The lowest BCUT2D eigenvalue weighted by molar-refractivity contribution is -0.384. The van der Waals surface area contributed by atoms with Crippen LogP contribution < -0.4 is 4.90 Å². The van der Waals surface area contributed by atoms with E-state index in [4.69, 9.17) is 4.74 Å². The Morgan fingerprint density at radius 1 is 1.20 bits per heavy atom. The van der Waals surface area contributed by atoms with E-state index in [1.165, 1.54) is 12.1 Å². The summed E-state index contributed by atoms with van der Waals surface area (Å²) >= 11 is 0. The molecule has 1 saturated heterocycles. The molecule has 0 atom stereocenters. The SMILES string of the molecule is CCCC(=O)N1CCN(c2ccc(C(=O)OCC)cc2[N+](=O)[O-])CC1. The molecule has 1 aromatic rings. The zero-order valence-corrected chi connectivity index (χ0v) is 14.6. The Bertz CT molecular complexity index is 654. The molecule has 2 rings (SSSR count). The summed E-state index contributed by atoms with van der Waals surface area (Å²) < 4.78 is 4.89. The van der Waals surface area contributed by atoms with Gasteiger partial charge in [0, 0.05) is 38.7 Å². The first-order valence-electron chi connectivity index (χ1n) is 8.46. The molecular weight excluding hydrogens is 326 g/mol. The Labute approximate surface area is 146 Å². The van der Waals surface area contributed by atoms with E-state index >= 15 is 0 Å². The number of esters is 1. The molecule has 8 nitrogen and oxygen atoms in total. The largest absolute Gasteiger partial charge is 0.462 e. The summed E-state index contributed by atoms with van der Waals surface area (Å²) in [5, 5.41) is 11.4. The van der Waals surface area contributed by atoms with Crippen molar-refractivity contribution in [1.82, 2.24) is 4.90 Å². The fourth-order valence-corrected chi connectivity index (χ4v) is 2.85. The Morgan fingerprint density at radius 2 is 1.88 bits per heavy atom. The van der Waals surface area contributed by atoms with E-state index < -0.39 is 10.9 Å². The van der Waals surface area contributed by atoms with E-state index in [1.807, 2.05) is 11.8 Å². The Hall–Kier alpha value is -2.64. The number of piperazine rings is 1. The van der Waals surface area contributed by atoms with Crippen LogP contribution in [-0.4, -0.2) is 54.5 Å². The predicted octanol–water partition coefficient (Wildman–Crippen LogP) is 2.22. The monoisotopic (exact) mass is 349 g/mol. The molecule has 0 unspecified atom stereocenters. The molecule has 0 spiro atoms. The van der Waals surface area contributed by atoms with E-state index in [9.17, 15) is 19.7 Å². The minimum absolute atomic E-state index is 0.120. The number of carbonyl (C=O) groups is 2. The number of amides is 1. The van der Waals surface area contributed by atoms with Gasteiger partial charge in [-0.25, -0.2) is 4.79 Å². The second-order valence-corrected chi connectivity index (χ2v) is 5.80. The molecule has 0 radical (unpaired) electrons. The Kier molecular flexibility index (Phi) is 6.32. The van der Waals surface area contributed by atoms with Crippen LogP contribution in [0.4, 0.5) is 11.4 Å². The molecule has 1 fully saturated rings. The van der Waals surface area contributed by atoms with Crippen LogP contribution in [0.15, 0.2) is 18.2 Å². The van der Waals surface area contributed by atoms with Crippen molar-refractivity contribution in [3.8, 4) is 0 Å². The quantitative estimate of drug-likeness (QED) is 0.444. The van der Waals surface area contributed by atoms with Gasteiger partial charge in [-0.15, -0.1) is 0 Å². The van der Waals surface area contributed by atoms with Crippen molar-refractivity contribution in [3.05, 3.63) is 33.9 Å². The van der Waals surface area contributed by atoms with Crippen LogP contribution in [0, 0.1) is 10.1 Å². The van der Waals surface area contributed by atoms with E-state index in [2.05, 4.69) is 0 Å². The number of carbonyl (C=O) groups excluding carboxylic acids is 2. The topological polar surface area (TPSA) is 93.0 Å². The third-order valence-corrected chi connectivity index (χ3v) is 4.12. The summed E-state index contributed by atoms with van der Waals surface area (Å²) in [4.78, 5) is 38.3. The Balaban J connectivity index is 2.15. The van der Waals surface area contributed by atoms with Crippen molar-refractivity contribution in [3.63, 3.8) is 0 Å². The van der Waals surface area contributed by atoms with Gasteiger partial charge in [-0.2, -0.15) is 0 Å². The summed E-state index contributed by atoms with van der Waals surface area (Å²) in [6, 6.07) is 4.37. The number of ether oxygens (including phenoxy) is 1. The van der Waals surface area contributed by atoms with Gasteiger partial charge >= 0.3 is 5.97 Å². The van der Waals surface area contributed by atoms with Gasteiger partial charge < -0.3 is 14.5 Å². The number of nitro groups is 1. The van der Waals surface area contributed by atoms with Crippen LogP contribution in [0.5, 0.6) is 0 Å². The van der Waals surface area contributed by atoms with E-state index in [-0.39, 0.29) is 23.8 Å². The number of hydrogen-bond donors (Lipinski definition) is 0. The Morgan fingerprint density at radius 3 is 2.44 bits per heavy atom. The molecule has 8 heteroatoms. The molecule has 0 bridgehead atoms. The summed E-state index contributed by atoms with van der Waals surface area (Å²) in [5.74, 6) is -0.457. The first-order valence-corrected chi connectivity index (χ1v) is 8.46. The standard InChI is InChI=1S/C17H23N3O5/c1-3-5-16(21)19-10-8-18(9-11-19)14-7-6-13(17(22)25-4-2)12-15(14)20(23)24/h6-7,12H,3-5,8-11H2,1-2H3. The number of benzene rings is 1. The zero-order chi connectivity index (χ0) is 18.4. The smallest absolute Gasteiger partial charge is 0.338 e. The average Bonchev–Trinajstić information content (AvgIpc) is 2.61. The second kappa shape index (κ2) is 8.46. The van der Waals surface area contributed by atoms with Crippen molar-refractivity contribution in [2.45, 2.75) is 26.7 Å². The summed E-state index contributed by atoms with van der Waals surface area (Å²) in [6.45, 7) is 5.97. The maximum absolute atomic E-state index is 11.9. The van der Waals surface area contributed by atoms with E-state index in [0.717, 1.165) is 6.42 Å². The number of nitrogens with zero attached hydrogens (tertiary/aromatic N) is 3. The molecular formula is C17H23N3O5. The van der Waals surface area contributed by atoms with Crippen LogP contribution in [0.3, 0.4) is 0 Å². The van der Waals surface area contributed by atoms with Gasteiger partial charge in [-0.1, -0.05) is 6.92 Å². The van der Waals surface area contributed by atoms with Gasteiger partial charge in [0.15, 0.2) is 0 Å². The average molecular weight is 349 g/mol. The lowest BCUT2D eigenvalue weighted by Crippen LogP contribution is -2.48. The van der Waals surface area contributed by atoms with Crippen molar-refractivity contribution in [1.29, 1.82) is 0 Å². The minimum Gasteiger partial charge on any atom is -0.462 e. The number of anilines is 1. The lowest BCUT2D eigenvalue weighted by Gasteiger charge is -2.35. The van der Waals surface area contributed by atoms with Crippen LogP contribution in [0.1, 0.15) is 37.0 Å². The molecule has 1 aromatic carbocycles. The second-order valence-electron chi connectivity index (χ2n) is 5.80. The predicted molar refractivity (Wildman–Crippen MR) is 92.8 cm³/mol. The van der Waals surface area contributed by atoms with Gasteiger partial charge in [0.1, 0.15) is 5.69 Å². The maximum Gasteiger partial charge on any atom is 0.338 e. The minimum atomic E-state index is -0.577. The third-order valence-electron chi connectivity index (χ3n) is 4.12. The lowest BCUT2D eigenvalue weighted by atomic mass is 10.1. The molecule has 25 heavy (non-hydrogen) atoms. The summed E-state index contributed by atoms with van der Waals surface area (Å²) in [5.41, 5.74) is 0.494. The molecule has 136 valence electrons. The number of nitro benzene ring substituents is 1. The zero-order valence-electron chi connectivity index (χ0n) is 14.6. The first-order chi connectivity index (χ1) is 12.0. The maximum atomic E-state index is 11.9. The number of hydrogen-bond acceptors (Lipinski definition) is 6. The molecule has 1 aliphatic rings. The fraction of sp³-hybridized carbons (Fsp3) is 0.529. The van der Waals surface area contributed by atoms with Gasteiger partial charge in [0.05, 0.1) is 17.1 Å². The van der Waals surface area contributed by atoms with Crippen LogP contribution in [0.2, 0.25) is 0 Å². The van der Waals surface area contributed by atoms with Crippen molar-refractivity contribution >= 4 is 23.3 Å². The normalized spacial score (nSPS) is 14.3. The highest BCUT2D eigenvalue weighted by molar-refractivity contribution is 5.91. The van der Waals surface area contributed by atoms with Crippen molar-refractivity contribution in [2.24, 2.45) is 0 Å². The van der Waals surface area contributed by atoms with Gasteiger partial charge in [0.25, 0.3) is 5.69 Å². The highest BCUT2D eigenvalue weighted by atomic mass is 16.6. The number of rotatable bonds is 6. The van der Waals surface area contributed by atoms with Crippen LogP contribution in [-0.2, 0) is 9.53 Å². The molecule has 1 aliphatic heterocycles.